The number of rotatable bonds is 7. The smallest absolute Gasteiger partial charge is 0.269 e. The van der Waals surface area contributed by atoms with E-state index in [1.54, 1.807) is 0 Å². The number of amides is 1. The van der Waals surface area contributed by atoms with Gasteiger partial charge in [-0.25, -0.2) is 0 Å². The largest absolute Gasteiger partial charge is 0.387 e. The number of nitrogens with zero attached hydrogens (tertiary/aromatic N) is 2. The standard InChI is InChI=1S/C24H29N3O2/c1-19(21-10-6-3-7-11-21)17-25-23(28)22-16-24(29-26-22)13-15-27(18-24)14-12-20-8-4-2-5-9-20/h2-11,19H,12-18H2,1H3,(H,25,28)/t19-,24+/m0/s1. The summed E-state index contributed by atoms with van der Waals surface area (Å²) in [7, 11) is 0. The van der Waals surface area contributed by atoms with Crippen LogP contribution in [0.2, 0.25) is 0 Å². The maximum atomic E-state index is 12.6. The SMILES string of the molecule is C[C@@H](CNC(=O)C1=NO[C@]2(CCN(CCc3ccccc3)C2)C1)c1ccccc1. The molecule has 152 valence electrons. The number of likely N-dealkylation sites (tertiary alicyclic amines) is 1. The van der Waals surface area contributed by atoms with E-state index in [0.29, 0.717) is 18.7 Å². The van der Waals surface area contributed by atoms with Crippen LogP contribution in [0.5, 0.6) is 0 Å². The van der Waals surface area contributed by atoms with Crippen molar-refractivity contribution >= 4 is 11.6 Å². The Labute approximate surface area is 172 Å². The van der Waals surface area contributed by atoms with Crippen LogP contribution in [0.3, 0.4) is 0 Å². The second-order valence-electron chi connectivity index (χ2n) is 8.27. The van der Waals surface area contributed by atoms with Crippen molar-refractivity contribution in [1.82, 2.24) is 10.2 Å². The minimum Gasteiger partial charge on any atom is -0.387 e. The maximum absolute atomic E-state index is 12.6. The lowest BCUT2D eigenvalue weighted by Crippen LogP contribution is -2.38. The molecule has 0 unspecified atom stereocenters. The molecular weight excluding hydrogens is 362 g/mol. The molecule has 5 nitrogen and oxygen atoms in total. The highest BCUT2D eigenvalue weighted by atomic mass is 16.7. The van der Waals surface area contributed by atoms with Crippen molar-refractivity contribution in [2.75, 3.05) is 26.2 Å². The van der Waals surface area contributed by atoms with Crippen LogP contribution in [0.4, 0.5) is 0 Å². The molecule has 2 aliphatic heterocycles. The zero-order valence-electron chi connectivity index (χ0n) is 17.0. The molecule has 5 heteroatoms. The molecule has 2 atom stereocenters. The summed E-state index contributed by atoms with van der Waals surface area (Å²) in [6.07, 6.45) is 2.55. The van der Waals surface area contributed by atoms with Gasteiger partial charge in [-0.2, -0.15) is 0 Å². The predicted octanol–water partition coefficient (Wildman–Crippen LogP) is 3.37. The van der Waals surface area contributed by atoms with Crippen LogP contribution < -0.4 is 5.32 Å². The van der Waals surface area contributed by atoms with E-state index in [4.69, 9.17) is 4.84 Å². The summed E-state index contributed by atoms with van der Waals surface area (Å²) in [6, 6.07) is 20.8. The second-order valence-corrected chi connectivity index (χ2v) is 8.27. The third-order valence-corrected chi connectivity index (χ3v) is 5.99. The van der Waals surface area contributed by atoms with Crippen molar-refractivity contribution in [2.24, 2.45) is 5.16 Å². The van der Waals surface area contributed by atoms with Crippen LogP contribution in [0, 0.1) is 0 Å². The number of nitrogens with one attached hydrogen (secondary N) is 1. The third-order valence-electron chi connectivity index (χ3n) is 5.99. The molecule has 1 spiro atoms. The molecule has 29 heavy (non-hydrogen) atoms. The Morgan fingerprint density at radius 2 is 1.90 bits per heavy atom. The topological polar surface area (TPSA) is 53.9 Å². The predicted molar refractivity (Wildman–Crippen MR) is 115 cm³/mol. The molecule has 4 rings (SSSR count). The fourth-order valence-electron chi connectivity index (χ4n) is 4.16. The molecule has 1 fully saturated rings. The number of hydrogen-bond acceptors (Lipinski definition) is 4. The van der Waals surface area contributed by atoms with Crippen molar-refractivity contribution in [2.45, 2.75) is 37.7 Å². The highest BCUT2D eigenvalue weighted by molar-refractivity contribution is 6.39. The van der Waals surface area contributed by atoms with Gasteiger partial charge in [-0.3, -0.25) is 9.69 Å². The van der Waals surface area contributed by atoms with Crippen LogP contribution in [0.25, 0.3) is 0 Å². The quantitative estimate of drug-likeness (QED) is 0.787. The molecule has 0 bridgehead atoms. The van der Waals surface area contributed by atoms with Gasteiger partial charge in [0.15, 0.2) is 5.60 Å². The van der Waals surface area contributed by atoms with Crippen molar-refractivity contribution in [1.29, 1.82) is 0 Å². The zero-order chi connectivity index (χ0) is 20.1. The normalized spacial score (nSPS) is 22.3. The third kappa shape index (κ3) is 4.85. The Bertz CT molecular complexity index is 853. The minimum atomic E-state index is -0.325. The summed E-state index contributed by atoms with van der Waals surface area (Å²) >= 11 is 0. The average Bonchev–Trinajstić information content (AvgIpc) is 3.38. The molecule has 2 aromatic carbocycles. The van der Waals surface area contributed by atoms with E-state index in [1.165, 1.54) is 11.1 Å². The van der Waals surface area contributed by atoms with Crippen LogP contribution in [-0.2, 0) is 16.1 Å². The summed E-state index contributed by atoms with van der Waals surface area (Å²) < 4.78 is 0. The monoisotopic (exact) mass is 391 g/mol. The van der Waals surface area contributed by atoms with Gasteiger partial charge in [0.05, 0.1) is 0 Å². The lowest BCUT2D eigenvalue weighted by molar-refractivity contribution is -0.115. The Kier molecular flexibility index (Phi) is 5.95. The summed E-state index contributed by atoms with van der Waals surface area (Å²) in [4.78, 5) is 20.8. The first-order chi connectivity index (χ1) is 14.1. The minimum absolute atomic E-state index is 0.104. The van der Waals surface area contributed by atoms with Crippen LogP contribution in [-0.4, -0.2) is 48.3 Å². The molecule has 2 aromatic rings. The van der Waals surface area contributed by atoms with Crippen LogP contribution >= 0.6 is 0 Å². The van der Waals surface area contributed by atoms with E-state index in [9.17, 15) is 4.79 Å². The molecule has 0 aromatic heterocycles. The Balaban J connectivity index is 1.23. The van der Waals surface area contributed by atoms with Crippen molar-refractivity contribution in [3.8, 4) is 0 Å². The molecule has 1 amide bonds. The van der Waals surface area contributed by atoms with Crippen LogP contribution in [0.1, 0.15) is 36.8 Å². The van der Waals surface area contributed by atoms with E-state index < -0.39 is 0 Å². The van der Waals surface area contributed by atoms with Gasteiger partial charge in [0, 0.05) is 39.0 Å². The van der Waals surface area contributed by atoms with Crippen molar-refractivity contribution in [3.63, 3.8) is 0 Å². The van der Waals surface area contributed by atoms with E-state index in [0.717, 1.165) is 32.5 Å². The number of hydrogen-bond donors (Lipinski definition) is 1. The molecular formula is C24H29N3O2. The number of carbonyl (C=O) groups excluding carboxylic acids is 1. The highest BCUT2D eigenvalue weighted by Crippen LogP contribution is 2.34. The van der Waals surface area contributed by atoms with E-state index in [-0.39, 0.29) is 17.4 Å². The Morgan fingerprint density at radius 3 is 2.66 bits per heavy atom. The Hall–Kier alpha value is -2.66. The van der Waals surface area contributed by atoms with Gasteiger partial charge in [-0.1, -0.05) is 72.7 Å². The molecule has 2 aliphatic rings. The summed E-state index contributed by atoms with van der Waals surface area (Å²) in [6.45, 7) is 5.54. The molecule has 2 heterocycles. The average molecular weight is 392 g/mol. The van der Waals surface area contributed by atoms with Gasteiger partial charge in [0.25, 0.3) is 5.91 Å². The van der Waals surface area contributed by atoms with Gasteiger partial charge < -0.3 is 10.2 Å². The van der Waals surface area contributed by atoms with Crippen molar-refractivity contribution < 1.29 is 9.63 Å². The molecule has 0 saturated carbocycles. The molecule has 0 radical (unpaired) electrons. The van der Waals surface area contributed by atoms with Gasteiger partial charge in [-0.15, -0.1) is 0 Å². The highest BCUT2D eigenvalue weighted by Gasteiger charge is 2.46. The Morgan fingerprint density at radius 1 is 1.17 bits per heavy atom. The summed E-state index contributed by atoms with van der Waals surface area (Å²) in [5.41, 5.74) is 2.77. The molecule has 1 saturated heterocycles. The lowest BCUT2D eigenvalue weighted by atomic mass is 9.96. The first-order valence-electron chi connectivity index (χ1n) is 10.5. The first kappa shape index (κ1) is 19.6. The van der Waals surface area contributed by atoms with Gasteiger partial charge in [-0.05, 0) is 23.5 Å². The number of carbonyl (C=O) groups is 1. The van der Waals surface area contributed by atoms with Crippen LogP contribution in [0.15, 0.2) is 65.8 Å². The molecule has 1 N–H and O–H groups in total. The summed E-state index contributed by atoms with van der Waals surface area (Å²) in [5.74, 6) is 0.157. The molecule has 0 aliphatic carbocycles. The first-order valence-corrected chi connectivity index (χ1v) is 10.5. The maximum Gasteiger partial charge on any atom is 0.269 e. The summed E-state index contributed by atoms with van der Waals surface area (Å²) in [5, 5.41) is 7.18. The van der Waals surface area contributed by atoms with E-state index >= 15 is 0 Å². The fraction of sp³-hybridized carbons (Fsp3) is 0.417. The van der Waals surface area contributed by atoms with Gasteiger partial charge in [0.2, 0.25) is 0 Å². The van der Waals surface area contributed by atoms with E-state index in [1.807, 2.05) is 24.3 Å². The van der Waals surface area contributed by atoms with Gasteiger partial charge >= 0.3 is 0 Å². The van der Waals surface area contributed by atoms with E-state index in [2.05, 4.69) is 58.7 Å². The number of oxime groups is 1. The number of benzene rings is 2. The van der Waals surface area contributed by atoms with Crippen molar-refractivity contribution in [3.05, 3.63) is 71.8 Å². The zero-order valence-corrected chi connectivity index (χ0v) is 17.0. The van der Waals surface area contributed by atoms with Gasteiger partial charge in [0.1, 0.15) is 5.71 Å². The lowest BCUT2D eigenvalue weighted by Gasteiger charge is -2.21. The fourth-order valence-corrected chi connectivity index (χ4v) is 4.16. The second kappa shape index (κ2) is 8.78.